The molecule has 0 aliphatic carbocycles. The van der Waals surface area contributed by atoms with Crippen molar-refractivity contribution in [3.63, 3.8) is 0 Å². The average Bonchev–Trinajstić information content (AvgIpc) is 3.01. The van der Waals surface area contributed by atoms with Crippen LogP contribution < -0.4 is 5.32 Å². The lowest BCUT2D eigenvalue weighted by Gasteiger charge is -2.17. The number of hydrogen-bond donors (Lipinski definition) is 1. The van der Waals surface area contributed by atoms with Crippen molar-refractivity contribution in [2.24, 2.45) is 7.05 Å². The van der Waals surface area contributed by atoms with E-state index < -0.39 is 39.1 Å². The highest BCUT2D eigenvalue weighted by atomic mass is 32.2. The molecule has 0 atom stereocenters. The Morgan fingerprint density at radius 1 is 1.10 bits per heavy atom. The van der Waals surface area contributed by atoms with Crippen molar-refractivity contribution in [3.8, 4) is 11.5 Å². The van der Waals surface area contributed by atoms with Gasteiger partial charge in [-0.3, -0.25) is 4.79 Å². The fourth-order valence-electron chi connectivity index (χ4n) is 2.66. The van der Waals surface area contributed by atoms with E-state index in [0.717, 1.165) is 23.0 Å². The number of aromatic nitrogens is 5. The number of halogens is 5. The molecule has 3 rings (SSSR count). The van der Waals surface area contributed by atoms with Crippen molar-refractivity contribution in [2.75, 3.05) is 13.3 Å². The van der Waals surface area contributed by atoms with E-state index in [-0.39, 0.29) is 27.8 Å². The molecular formula is C16H13F5N6O3S. The first-order valence-corrected chi connectivity index (χ1v) is 10.2. The predicted octanol–water partition coefficient (Wildman–Crippen LogP) is 1.84. The number of sulfone groups is 1. The molecule has 9 nitrogen and oxygen atoms in total. The number of aryl methyl sites for hydroxylation is 1. The van der Waals surface area contributed by atoms with Crippen molar-refractivity contribution < 1.29 is 35.2 Å². The van der Waals surface area contributed by atoms with Gasteiger partial charge in [0.2, 0.25) is 0 Å². The molecule has 3 heterocycles. The van der Waals surface area contributed by atoms with Crippen molar-refractivity contribution in [3.05, 3.63) is 29.6 Å². The normalized spacial score (nSPS) is 12.9. The lowest BCUT2D eigenvalue weighted by molar-refractivity contribution is -0.291. The van der Waals surface area contributed by atoms with E-state index in [1.165, 1.54) is 14.1 Å². The van der Waals surface area contributed by atoms with Gasteiger partial charge >= 0.3 is 12.1 Å². The number of hydrogen-bond acceptors (Lipinski definition) is 7. The molecule has 1 N–H and O–H groups in total. The Labute approximate surface area is 171 Å². The summed E-state index contributed by atoms with van der Waals surface area (Å²) in [6.45, 7) is 0. The minimum Gasteiger partial charge on any atom is -0.354 e. The summed E-state index contributed by atoms with van der Waals surface area (Å²) in [6.07, 6.45) is -5.03. The van der Waals surface area contributed by atoms with Crippen LogP contribution >= 0.6 is 0 Å². The van der Waals surface area contributed by atoms with Crippen molar-refractivity contribution in [1.82, 2.24) is 30.0 Å². The van der Waals surface area contributed by atoms with Gasteiger partial charge in [0.05, 0.1) is 4.90 Å². The lowest BCUT2D eigenvalue weighted by Crippen LogP contribution is -2.34. The number of carbonyl (C=O) groups is 1. The van der Waals surface area contributed by atoms with Crippen LogP contribution in [0.5, 0.6) is 0 Å². The van der Waals surface area contributed by atoms with E-state index >= 15 is 0 Å². The minimum atomic E-state index is -5.90. The Balaban J connectivity index is 2.29. The van der Waals surface area contributed by atoms with Gasteiger partial charge in [0.25, 0.3) is 5.91 Å². The van der Waals surface area contributed by atoms with Crippen LogP contribution in [0.25, 0.3) is 22.7 Å². The topological polar surface area (TPSA) is 120 Å². The monoisotopic (exact) mass is 464 g/mol. The Kier molecular flexibility index (Phi) is 5.20. The average molecular weight is 464 g/mol. The number of imidazole rings is 1. The van der Waals surface area contributed by atoms with Gasteiger partial charge < -0.3 is 9.88 Å². The highest BCUT2D eigenvalue weighted by Gasteiger charge is 2.60. The number of pyridine rings is 1. The second kappa shape index (κ2) is 7.18. The Bertz CT molecular complexity index is 1300. The van der Waals surface area contributed by atoms with Gasteiger partial charge in [-0.1, -0.05) is 0 Å². The summed E-state index contributed by atoms with van der Waals surface area (Å²) >= 11 is 0. The molecule has 3 aromatic rings. The number of rotatable bonds is 4. The zero-order chi connectivity index (χ0) is 23.4. The molecule has 31 heavy (non-hydrogen) atoms. The number of nitrogens with zero attached hydrogens (tertiary/aromatic N) is 5. The van der Waals surface area contributed by atoms with Gasteiger partial charge in [-0.2, -0.15) is 22.0 Å². The molecule has 0 saturated carbocycles. The zero-order valence-electron chi connectivity index (χ0n) is 16.0. The fourth-order valence-corrected chi connectivity index (χ4v) is 3.46. The maximum Gasteiger partial charge on any atom is 0.459 e. The number of fused-ring (bicyclic) bond motifs is 1. The van der Waals surface area contributed by atoms with Crippen molar-refractivity contribution in [1.29, 1.82) is 0 Å². The second-order valence-electron chi connectivity index (χ2n) is 6.40. The van der Waals surface area contributed by atoms with Crippen molar-refractivity contribution in [2.45, 2.75) is 17.0 Å². The molecule has 0 aliphatic heterocycles. The number of nitrogens with one attached hydrogen (secondary N) is 1. The maximum atomic E-state index is 13.6. The Hall–Kier alpha value is -3.23. The Morgan fingerprint density at radius 2 is 1.74 bits per heavy atom. The van der Waals surface area contributed by atoms with Gasteiger partial charge in [-0.05, 0) is 18.2 Å². The summed E-state index contributed by atoms with van der Waals surface area (Å²) in [6, 6.07) is 2.67. The molecule has 0 fully saturated rings. The van der Waals surface area contributed by atoms with Gasteiger partial charge in [-0.25, -0.2) is 18.4 Å². The molecule has 0 spiro atoms. The zero-order valence-corrected chi connectivity index (χ0v) is 16.8. The molecule has 0 radical (unpaired) electrons. The Morgan fingerprint density at radius 3 is 2.29 bits per heavy atom. The third kappa shape index (κ3) is 3.80. The smallest absolute Gasteiger partial charge is 0.354 e. The van der Waals surface area contributed by atoms with Crippen LogP contribution in [-0.4, -0.2) is 58.5 Å². The molecule has 1 amide bonds. The summed E-state index contributed by atoms with van der Waals surface area (Å²) in [5, 5.41) is 8.65. The van der Waals surface area contributed by atoms with Crippen LogP contribution in [0.3, 0.4) is 0 Å². The molecule has 0 bridgehead atoms. The van der Waals surface area contributed by atoms with Crippen LogP contribution in [-0.2, 0) is 22.8 Å². The molecule has 166 valence electrons. The number of carbonyl (C=O) groups excluding carboxylic acids is 1. The molecule has 15 heteroatoms. The molecule has 0 aromatic carbocycles. The second-order valence-corrected chi connectivity index (χ2v) is 8.38. The largest absolute Gasteiger partial charge is 0.459 e. The van der Waals surface area contributed by atoms with Crippen molar-refractivity contribution >= 4 is 26.9 Å². The van der Waals surface area contributed by atoms with Crippen LogP contribution in [0.2, 0.25) is 0 Å². The molecule has 0 saturated heterocycles. The highest BCUT2D eigenvalue weighted by molar-refractivity contribution is 7.90. The van der Waals surface area contributed by atoms with E-state index in [2.05, 4.69) is 25.5 Å². The summed E-state index contributed by atoms with van der Waals surface area (Å²) in [5.41, 5.74) is -2.77. The van der Waals surface area contributed by atoms with E-state index in [4.69, 9.17) is 0 Å². The first-order chi connectivity index (χ1) is 14.2. The molecule has 0 unspecified atom stereocenters. The lowest BCUT2D eigenvalue weighted by atomic mass is 10.2. The van der Waals surface area contributed by atoms with E-state index in [0.29, 0.717) is 6.07 Å². The van der Waals surface area contributed by atoms with Gasteiger partial charge in [0.15, 0.2) is 21.3 Å². The SMILES string of the molecule is CNC(=O)c1ccc(S(C)(=O)=O)c(-c2nc3cc(C(F)(F)C(F)(F)F)nnc3n2C)n1. The molecule has 0 aliphatic rings. The summed E-state index contributed by atoms with van der Waals surface area (Å²) in [4.78, 5) is 19.5. The van der Waals surface area contributed by atoms with E-state index in [1.54, 1.807) is 0 Å². The summed E-state index contributed by atoms with van der Waals surface area (Å²) < 4.78 is 90.6. The quantitative estimate of drug-likeness (QED) is 0.585. The first kappa shape index (κ1) is 22.5. The van der Waals surface area contributed by atoms with Crippen LogP contribution in [0.4, 0.5) is 22.0 Å². The maximum absolute atomic E-state index is 13.6. The predicted molar refractivity (Wildman–Crippen MR) is 96.0 cm³/mol. The fraction of sp³-hybridized carbons (Fsp3) is 0.312. The highest BCUT2D eigenvalue weighted by Crippen LogP contribution is 2.43. The standard InChI is InChI=1S/C16H13F5N6O3S/c1-22-14(28)7-4-5-9(31(3,29)30)11(23-7)13-24-8-6-10(15(17,18)16(19,20)21)25-26-12(8)27(13)2/h4-6H,1-3H3,(H,22,28). The minimum absolute atomic E-state index is 0.174. The summed E-state index contributed by atoms with van der Waals surface area (Å²) in [5.74, 6) is -6.16. The third-order valence-corrected chi connectivity index (χ3v) is 5.35. The number of alkyl halides is 5. The summed E-state index contributed by atoms with van der Waals surface area (Å²) in [7, 11) is -1.26. The first-order valence-electron chi connectivity index (χ1n) is 8.27. The van der Waals surface area contributed by atoms with Crippen LogP contribution in [0.1, 0.15) is 16.2 Å². The van der Waals surface area contributed by atoms with E-state index in [1.807, 2.05) is 0 Å². The van der Waals surface area contributed by atoms with Crippen LogP contribution in [0, 0.1) is 0 Å². The molecular weight excluding hydrogens is 451 g/mol. The van der Waals surface area contributed by atoms with Gasteiger partial charge in [-0.15, -0.1) is 10.2 Å². The van der Waals surface area contributed by atoms with Crippen LogP contribution in [0.15, 0.2) is 23.1 Å². The molecule has 3 aromatic heterocycles. The van der Waals surface area contributed by atoms with E-state index in [9.17, 15) is 35.2 Å². The number of amides is 1. The van der Waals surface area contributed by atoms with Gasteiger partial charge in [0.1, 0.15) is 22.6 Å². The third-order valence-electron chi connectivity index (χ3n) is 4.22. The van der Waals surface area contributed by atoms with Gasteiger partial charge in [0, 0.05) is 20.4 Å².